The first-order chi connectivity index (χ1) is 12.5. The minimum atomic E-state index is 0. The van der Waals surface area contributed by atoms with E-state index in [2.05, 4.69) is 47.2 Å². The van der Waals surface area contributed by atoms with E-state index in [9.17, 15) is 0 Å². The molecule has 6 nitrogen and oxygen atoms in total. The summed E-state index contributed by atoms with van der Waals surface area (Å²) in [4.78, 5) is 9.05. The number of nitrogens with zero attached hydrogens (tertiary/aromatic N) is 3. The number of hydrogen-bond acceptors (Lipinski definition) is 4. The third-order valence-electron chi connectivity index (χ3n) is 5.13. The average Bonchev–Trinajstić information content (AvgIpc) is 3.50. The monoisotopic (exact) mass is 490 g/mol. The maximum Gasteiger partial charge on any atom is 0.193 e. The molecule has 1 atom stereocenters. The van der Waals surface area contributed by atoms with Crippen molar-refractivity contribution in [1.29, 1.82) is 0 Å². The molecular weight excluding hydrogens is 455 g/mol. The van der Waals surface area contributed by atoms with Crippen LogP contribution < -0.4 is 14.8 Å². The van der Waals surface area contributed by atoms with E-state index in [0.717, 1.165) is 43.0 Å². The number of ether oxygens (including phenoxy) is 2. The van der Waals surface area contributed by atoms with Crippen LogP contribution in [0, 0.1) is 0 Å². The summed E-state index contributed by atoms with van der Waals surface area (Å²) < 4.78 is 10.7. The molecule has 1 fully saturated rings. The second kappa shape index (κ2) is 11.6. The van der Waals surface area contributed by atoms with Crippen molar-refractivity contribution >= 4 is 29.9 Å². The van der Waals surface area contributed by atoms with Gasteiger partial charge >= 0.3 is 0 Å². The van der Waals surface area contributed by atoms with Crippen molar-refractivity contribution in [2.45, 2.75) is 38.3 Å². The smallest absolute Gasteiger partial charge is 0.193 e. The summed E-state index contributed by atoms with van der Waals surface area (Å²) in [7, 11) is 9.45. The van der Waals surface area contributed by atoms with Gasteiger partial charge in [-0.1, -0.05) is 6.07 Å². The maximum atomic E-state index is 5.38. The van der Waals surface area contributed by atoms with Gasteiger partial charge in [-0.3, -0.25) is 9.89 Å². The number of likely N-dealkylation sites (N-methyl/N-ethyl adjacent to an activating group) is 2. The van der Waals surface area contributed by atoms with Crippen molar-refractivity contribution in [2.24, 2.45) is 4.99 Å². The average molecular weight is 490 g/mol. The minimum absolute atomic E-state index is 0. The molecule has 1 unspecified atom stereocenters. The molecule has 0 heterocycles. The predicted octanol–water partition coefficient (Wildman–Crippen LogP) is 2.85. The standard InChI is InChI=1S/C20H34N4O2.HI/c1-15(24(4)17-8-9-17)14-22-20(21-2)23(3)12-11-16-7-10-18(25-5)19(13-16)26-6;/h7,10,13,15,17H,8-9,11-12,14H2,1-6H3,(H,21,22);1H. The third kappa shape index (κ3) is 7.03. The number of halogens is 1. The van der Waals surface area contributed by atoms with E-state index < -0.39 is 0 Å². The Bertz CT molecular complexity index is 608. The van der Waals surface area contributed by atoms with Gasteiger partial charge in [0.15, 0.2) is 17.5 Å². The van der Waals surface area contributed by atoms with E-state index in [1.807, 2.05) is 19.2 Å². The van der Waals surface area contributed by atoms with Gasteiger partial charge in [-0.05, 0) is 50.9 Å². The Kier molecular flexibility index (Phi) is 10.2. The fraction of sp³-hybridized carbons (Fsp3) is 0.650. The molecule has 0 bridgehead atoms. The molecule has 0 spiro atoms. The van der Waals surface area contributed by atoms with Crippen LogP contribution in [-0.2, 0) is 6.42 Å². The van der Waals surface area contributed by atoms with Crippen molar-refractivity contribution in [1.82, 2.24) is 15.1 Å². The highest BCUT2D eigenvalue weighted by atomic mass is 127. The van der Waals surface area contributed by atoms with Gasteiger partial charge in [0.25, 0.3) is 0 Å². The molecule has 27 heavy (non-hydrogen) atoms. The summed E-state index contributed by atoms with van der Waals surface area (Å²) >= 11 is 0. The second-order valence-corrected chi connectivity index (χ2v) is 7.03. The van der Waals surface area contributed by atoms with Gasteiger partial charge in [-0.15, -0.1) is 24.0 Å². The maximum absolute atomic E-state index is 5.38. The normalized spacial score (nSPS) is 15.1. The van der Waals surface area contributed by atoms with Gasteiger partial charge in [-0.25, -0.2) is 0 Å². The molecule has 154 valence electrons. The summed E-state index contributed by atoms with van der Waals surface area (Å²) in [6, 6.07) is 7.35. The lowest BCUT2D eigenvalue weighted by Gasteiger charge is -2.28. The molecule has 0 aliphatic heterocycles. The highest BCUT2D eigenvalue weighted by molar-refractivity contribution is 14.0. The van der Waals surface area contributed by atoms with E-state index in [0.29, 0.717) is 6.04 Å². The molecule has 1 aromatic rings. The van der Waals surface area contributed by atoms with E-state index in [-0.39, 0.29) is 24.0 Å². The van der Waals surface area contributed by atoms with Crippen molar-refractivity contribution in [3.05, 3.63) is 23.8 Å². The van der Waals surface area contributed by atoms with Crippen LogP contribution in [0.25, 0.3) is 0 Å². The molecular formula is C20H35IN4O2. The Morgan fingerprint density at radius 1 is 1.22 bits per heavy atom. The fourth-order valence-corrected chi connectivity index (χ4v) is 3.05. The van der Waals surface area contributed by atoms with Gasteiger partial charge < -0.3 is 19.7 Å². The minimum Gasteiger partial charge on any atom is -0.493 e. The molecule has 1 N–H and O–H groups in total. The van der Waals surface area contributed by atoms with Gasteiger partial charge in [-0.2, -0.15) is 0 Å². The van der Waals surface area contributed by atoms with Crippen LogP contribution in [-0.4, -0.2) is 76.3 Å². The van der Waals surface area contributed by atoms with Crippen LogP contribution in [0.1, 0.15) is 25.3 Å². The summed E-state index contributed by atoms with van der Waals surface area (Å²) in [6.45, 7) is 4.05. The summed E-state index contributed by atoms with van der Waals surface area (Å²) in [5.41, 5.74) is 1.21. The molecule has 0 amide bonds. The zero-order valence-electron chi connectivity index (χ0n) is 17.5. The number of methoxy groups -OCH3 is 2. The van der Waals surface area contributed by atoms with E-state index in [1.54, 1.807) is 14.2 Å². The van der Waals surface area contributed by atoms with Crippen LogP contribution >= 0.6 is 24.0 Å². The molecule has 2 rings (SSSR count). The molecule has 1 aromatic carbocycles. The first kappa shape index (κ1) is 23.8. The third-order valence-corrected chi connectivity index (χ3v) is 5.13. The van der Waals surface area contributed by atoms with Crippen LogP contribution in [0.5, 0.6) is 11.5 Å². The van der Waals surface area contributed by atoms with Crippen molar-refractivity contribution in [3.8, 4) is 11.5 Å². The molecule has 0 radical (unpaired) electrons. The van der Waals surface area contributed by atoms with Crippen molar-refractivity contribution in [2.75, 3.05) is 48.5 Å². The number of guanidine groups is 1. The Labute approximate surface area is 181 Å². The molecule has 1 aliphatic rings. The largest absolute Gasteiger partial charge is 0.493 e. The Balaban J connectivity index is 0.00000364. The molecule has 1 aliphatic carbocycles. The van der Waals surface area contributed by atoms with Crippen molar-refractivity contribution < 1.29 is 9.47 Å². The lowest BCUT2D eigenvalue weighted by atomic mass is 10.1. The Hall–Kier alpha value is -1.22. The topological polar surface area (TPSA) is 49.3 Å². The molecule has 1 saturated carbocycles. The Morgan fingerprint density at radius 3 is 2.44 bits per heavy atom. The summed E-state index contributed by atoms with van der Waals surface area (Å²) in [5.74, 6) is 2.46. The number of benzene rings is 1. The van der Waals surface area contributed by atoms with E-state index in [4.69, 9.17) is 9.47 Å². The van der Waals surface area contributed by atoms with Crippen molar-refractivity contribution in [3.63, 3.8) is 0 Å². The van der Waals surface area contributed by atoms with Gasteiger partial charge in [0.2, 0.25) is 0 Å². The quantitative estimate of drug-likeness (QED) is 0.328. The van der Waals surface area contributed by atoms with Crippen LogP contribution in [0.4, 0.5) is 0 Å². The SMILES string of the molecule is CN=C(NCC(C)N(C)C1CC1)N(C)CCc1ccc(OC)c(OC)c1.I. The lowest BCUT2D eigenvalue weighted by molar-refractivity contribution is 0.246. The van der Waals surface area contributed by atoms with E-state index >= 15 is 0 Å². The molecule has 7 heteroatoms. The lowest BCUT2D eigenvalue weighted by Crippen LogP contribution is -2.46. The van der Waals surface area contributed by atoms with Gasteiger partial charge in [0.1, 0.15) is 0 Å². The number of hydrogen-bond donors (Lipinski definition) is 1. The first-order valence-corrected chi connectivity index (χ1v) is 9.34. The number of aliphatic imine (C=N–C) groups is 1. The van der Waals surface area contributed by atoms with Crippen LogP contribution in [0.2, 0.25) is 0 Å². The first-order valence-electron chi connectivity index (χ1n) is 9.34. The summed E-state index contributed by atoms with van der Waals surface area (Å²) in [5, 5.41) is 3.50. The van der Waals surface area contributed by atoms with Crippen LogP contribution in [0.15, 0.2) is 23.2 Å². The molecule has 0 aromatic heterocycles. The molecule has 0 saturated heterocycles. The highest BCUT2D eigenvalue weighted by Gasteiger charge is 2.29. The van der Waals surface area contributed by atoms with E-state index in [1.165, 1.54) is 18.4 Å². The van der Waals surface area contributed by atoms with Gasteiger partial charge in [0, 0.05) is 39.3 Å². The second-order valence-electron chi connectivity index (χ2n) is 7.03. The zero-order valence-corrected chi connectivity index (χ0v) is 19.8. The van der Waals surface area contributed by atoms with Gasteiger partial charge in [0.05, 0.1) is 14.2 Å². The fourth-order valence-electron chi connectivity index (χ4n) is 3.05. The number of rotatable bonds is 9. The zero-order chi connectivity index (χ0) is 19.1. The Morgan fingerprint density at radius 2 is 1.89 bits per heavy atom. The number of nitrogens with one attached hydrogen (secondary N) is 1. The predicted molar refractivity (Wildman–Crippen MR) is 123 cm³/mol. The highest BCUT2D eigenvalue weighted by Crippen LogP contribution is 2.28. The summed E-state index contributed by atoms with van der Waals surface area (Å²) in [6.07, 6.45) is 3.58. The van der Waals surface area contributed by atoms with Crippen LogP contribution in [0.3, 0.4) is 0 Å².